The van der Waals surface area contributed by atoms with Crippen LogP contribution in [0.1, 0.15) is 5.56 Å². The Balaban J connectivity index is 2.27. The van der Waals surface area contributed by atoms with Gasteiger partial charge in [-0.3, -0.25) is 0 Å². The van der Waals surface area contributed by atoms with E-state index < -0.39 is 0 Å². The number of benzene rings is 2. The Morgan fingerprint density at radius 2 is 1.53 bits per heavy atom. The molecule has 0 atom stereocenters. The minimum absolute atomic E-state index is 0.772. The van der Waals surface area contributed by atoms with Crippen molar-refractivity contribution >= 4 is 0 Å². The fourth-order valence-corrected chi connectivity index (χ4v) is 2.09. The summed E-state index contributed by atoms with van der Waals surface area (Å²) in [6.07, 6.45) is 0.991. The van der Waals surface area contributed by atoms with Gasteiger partial charge in [-0.15, -0.1) is 0 Å². The summed E-state index contributed by atoms with van der Waals surface area (Å²) in [4.78, 5) is 0. The van der Waals surface area contributed by atoms with E-state index in [0.29, 0.717) is 0 Å². The summed E-state index contributed by atoms with van der Waals surface area (Å²) in [5, 5.41) is 0. The molecule has 74 valence electrons. The van der Waals surface area contributed by atoms with Gasteiger partial charge in [-0.2, -0.15) is 0 Å². The summed E-state index contributed by atoms with van der Waals surface area (Å²) in [6.45, 7) is 0.772. The van der Waals surface area contributed by atoms with Gasteiger partial charge in [0.05, 0.1) is 6.61 Å². The Hall–Kier alpha value is -1.76. The molecule has 1 heteroatoms. The van der Waals surface area contributed by atoms with Crippen molar-refractivity contribution in [3.05, 3.63) is 54.1 Å². The van der Waals surface area contributed by atoms with Crippen LogP contribution in [0.25, 0.3) is 11.1 Å². The molecule has 0 aliphatic carbocycles. The molecule has 0 aromatic heterocycles. The van der Waals surface area contributed by atoms with E-state index in [4.69, 9.17) is 4.74 Å². The van der Waals surface area contributed by atoms with Gasteiger partial charge in [0.1, 0.15) is 5.75 Å². The number of para-hydroxylation sites is 1. The molecular weight excluding hydrogens is 184 g/mol. The van der Waals surface area contributed by atoms with Gasteiger partial charge in [-0.25, -0.2) is 0 Å². The Labute approximate surface area is 89.3 Å². The summed E-state index contributed by atoms with van der Waals surface area (Å²) in [7, 11) is 0. The molecule has 2 aromatic carbocycles. The molecule has 1 aliphatic rings. The minimum Gasteiger partial charge on any atom is -0.493 e. The maximum Gasteiger partial charge on any atom is 0.127 e. The molecular formula is C14H12O. The average molecular weight is 196 g/mol. The third kappa shape index (κ3) is 1.40. The van der Waals surface area contributed by atoms with Crippen LogP contribution in [0.4, 0.5) is 0 Å². The Morgan fingerprint density at radius 1 is 0.800 bits per heavy atom. The summed E-state index contributed by atoms with van der Waals surface area (Å²) in [6, 6.07) is 16.8. The second-order valence-electron chi connectivity index (χ2n) is 3.75. The van der Waals surface area contributed by atoms with Crippen LogP contribution in [0.3, 0.4) is 0 Å². The molecule has 0 saturated heterocycles. The van der Waals surface area contributed by atoms with Gasteiger partial charge in [-0.05, 0) is 17.2 Å². The molecule has 0 bridgehead atoms. The second-order valence-corrected chi connectivity index (χ2v) is 3.75. The number of rotatable bonds is 0. The molecule has 1 heterocycles. The third-order valence-corrected chi connectivity index (χ3v) is 2.82. The molecule has 0 saturated carbocycles. The lowest BCUT2D eigenvalue weighted by Gasteiger charge is -2.07. The quantitative estimate of drug-likeness (QED) is 0.628. The van der Waals surface area contributed by atoms with Crippen molar-refractivity contribution in [2.24, 2.45) is 0 Å². The summed E-state index contributed by atoms with van der Waals surface area (Å²) in [5.74, 6) is 1.00. The summed E-state index contributed by atoms with van der Waals surface area (Å²) < 4.78 is 5.73. The highest BCUT2D eigenvalue weighted by atomic mass is 16.5. The zero-order chi connectivity index (χ0) is 10.1. The average Bonchev–Trinajstić information content (AvgIpc) is 2.48. The molecule has 3 rings (SSSR count). The third-order valence-electron chi connectivity index (χ3n) is 2.82. The maximum absolute atomic E-state index is 5.73. The Morgan fingerprint density at radius 3 is 2.47 bits per heavy atom. The number of fused-ring (bicyclic) bond motifs is 3. The normalized spacial score (nSPS) is 13.3. The lowest BCUT2D eigenvalue weighted by atomic mass is 9.98. The summed E-state index contributed by atoms with van der Waals surface area (Å²) in [5.41, 5.74) is 3.90. The second kappa shape index (κ2) is 3.43. The minimum atomic E-state index is 0.772. The van der Waals surface area contributed by atoms with Crippen LogP contribution in [0.2, 0.25) is 0 Å². The molecule has 2 aromatic rings. The van der Waals surface area contributed by atoms with Gasteiger partial charge in [0.15, 0.2) is 0 Å². The van der Waals surface area contributed by atoms with E-state index >= 15 is 0 Å². The van der Waals surface area contributed by atoms with Crippen LogP contribution in [0.5, 0.6) is 5.75 Å². The van der Waals surface area contributed by atoms with E-state index in [9.17, 15) is 0 Å². The SMILES string of the molecule is c1ccc2c(c1)CCOc1ccccc1-2. The highest BCUT2D eigenvalue weighted by Gasteiger charge is 2.13. The molecule has 0 spiro atoms. The molecule has 0 N–H and O–H groups in total. The van der Waals surface area contributed by atoms with E-state index in [0.717, 1.165) is 18.8 Å². The predicted molar refractivity (Wildman–Crippen MR) is 61.1 cm³/mol. The lowest BCUT2D eigenvalue weighted by molar-refractivity contribution is 0.326. The fourth-order valence-electron chi connectivity index (χ4n) is 2.09. The molecule has 0 unspecified atom stereocenters. The van der Waals surface area contributed by atoms with Crippen LogP contribution in [-0.4, -0.2) is 6.61 Å². The van der Waals surface area contributed by atoms with Gasteiger partial charge in [0, 0.05) is 12.0 Å². The van der Waals surface area contributed by atoms with Crippen LogP contribution in [0.15, 0.2) is 48.5 Å². The first-order valence-corrected chi connectivity index (χ1v) is 5.25. The fraction of sp³-hybridized carbons (Fsp3) is 0.143. The highest BCUT2D eigenvalue weighted by Crippen LogP contribution is 2.34. The topological polar surface area (TPSA) is 9.23 Å². The maximum atomic E-state index is 5.73. The Kier molecular flexibility index (Phi) is 1.95. The van der Waals surface area contributed by atoms with E-state index in [-0.39, 0.29) is 0 Å². The smallest absolute Gasteiger partial charge is 0.127 e. The predicted octanol–water partition coefficient (Wildman–Crippen LogP) is 3.29. The number of hydrogen-bond donors (Lipinski definition) is 0. The van der Waals surface area contributed by atoms with Crippen LogP contribution in [-0.2, 0) is 6.42 Å². The molecule has 0 fully saturated rings. The van der Waals surface area contributed by atoms with Crippen molar-refractivity contribution in [3.63, 3.8) is 0 Å². The lowest BCUT2D eigenvalue weighted by Crippen LogP contribution is -1.98. The van der Waals surface area contributed by atoms with Gasteiger partial charge >= 0.3 is 0 Å². The van der Waals surface area contributed by atoms with E-state index in [2.05, 4.69) is 36.4 Å². The number of hydrogen-bond acceptors (Lipinski definition) is 1. The zero-order valence-electron chi connectivity index (χ0n) is 8.44. The van der Waals surface area contributed by atoms with Crippen molar-refractivity contribution in [2.75, 3.05) is 6.61 Å². The first-order valence-electron chi connectivity index (χ1n) is 5.25. The van der Waals surface area contributed by atoms with Crippen LogP contribution < -0.4 is 4.74 Å². The standard InChI is InChI=1S/C14H12O/c1-2-6-12-11(5-1)9-10-15-14-8-4-3-7-13(12)14/h1-8H,9-10H2. The van der Waals surface area contributed by atoms with Gasteiger partial charge < -0.3 is 4.74 Å². The van der Waals surface area contributed by atoms with Crippen LogP contribution in [0, 0.1) is 0 Å². The molecule has 15 heavy (non-hydrogen) atoms. The van der Waals surface area contributed by atoms with Gasteiger partial charge in [0.2, 0.25) is 0 Å². The first kappa shape index (κ1) is 8.54. The highest BCUT2D eigenvalue weighted by molar-refractivity contribution is 5.73. The largest absolute Gasteiger partial charge is 0.493 e. The van der Waals surface area contributed by atoms with E-state index in [1.165, 1.54) is 16.7 Å². The molecule has 1 aliphatic heterocycles. The molecule has 0 radical (unpaired) electrons. The van der Waals surface area contributed by atoms with Crippen molar-refractivity contribution in [1.82, 2.24) is 0 Å². The summed E-state index contributed by atoms with van der Waals surface area (Å²) >= 11 is 0. The van der Waals surface area contributed by atoms with Crippen molar-refractivity contribution in [1.29, 1.82) is 0 Å². The van der Waals surface area contributed by atoms with Gasteiger partial charge in [-0.1, -0.05) is 42.5 Å². The molecule has 1 nitrogen and oxygen atoms in total. The number of ether oxygens (including phenoxy) is 1. The monoisotopic (exact) mass is 196 g/mol. The van der Waals surface area contributed by atoms with E-state index in [1.54, 1.807) is 0 Å². The van der Waals surface area contributed by atoms with Crippen molar-refractivity contribution in [3.8, 4) is 16.9 Å². The first-order chi connectivity index (χ1) is 7.45. The van der Waals surface area contributed by atoms with Crippen LogP contribution >= 0.6 is 0 Å². The van der Waals surface area contributed by atoms with Gasteiger partial charge in [0.25, 0.3) is 0 Å². The Bertz CT molecular complexity index is 443. The van der Waals surface area contributed by atoms with E-state index in [1.807, 2.05) is 12.1 Å². The van der Waals surface area contributed by atoms with Crippen molar-refractivity contribution in [2.45, 2.75) is 6.42 Å². The zero-order valence-corrected chi connectivity index (χ0v) is 8.44. The molecule has 0 amide bonds. The van der Waals surface area contributed by atoms with Crippen molar-refractivity contribution < 1.29 is 4.74 Å².